The van der Waals surface area contributed by atoms with Gasteiger partial charge >= 0.3 is 12.1 Å². The highest BCUT2D eigenvalue weighted by molar-refractivity contribution is 6.39. The lowest BCUT2D eigenvalue weighted by atomic mass is 9.78. The van der Waals surface area contributed by atoms with E-state index < -0.39 is 102 Å². The minimum absolute atomic E-state index is 0.00409. The standard InChI is InChI=1S/C58H91N3O15/c1-36-16-12-11-13-17-37(2)48(70-8)34-44-21-19-42(7)58(69,76-44)54(65)55(66)61-24-15-14-18-45(61)56(67)74-49(35-46(62)38(3)31-41(6)52(64)53(72-10)51(63)40(5)30-36)39(4)32-43-20-22-47(50(33-43)71-9)75-57(68)59-23-25-60-26-28-73-29-27-60/h11-13,16-17,31,36,38-40,42-45,47-50,52-53,64,69H,14-15,18-30,32-35H2,1-10H3,(H,59,68)/b13-11?,16-12+,37-17?,41-31+/t36-,38-,39?,40-,42-,43+,44+,45+,47-,48+,49+,50-,52-,53+,58-/m1/s1. The number of carbonyl (C=O) groups excluding carboxylic acids is 6. The number of methoxy groups -OCH3 is 3. The summed E-state index contributed by atoms with van der Waals surface area (Å²) in [6, 6.07) is -1.17. The number of allylic oxidation sites excluding steroid dienone is 6. The van der Waals surface area contributed by atoms with Gasteiger partial charge in [0.1, 0.15) is 36.2 Å². The molecule has 1 unspecified atom stereocenters. The van der Waals surface area contributed by atoms with E-state index in [2.05, 4.69) is 10.2 Å². The molecule has 18 nitrogen and oxygen atoms in total. The highest BCUT2D eigenvalue weighted by atomic mass is 16.6. The van der Waals surface area contributed by atoms with Gasteiger partial charge in [0.15, 0.2) is 5.78 Å². The number of aliphatic hydroxyl groups is 2. The predicted molar refractivity (Wildman–Crippen MR) is 285 cm³/mol. The van der Waals surface area contributed by atoms with Gasteiger partial charge in [-0.2, -0.15) is 0 Å². The number of esters is 1. The average Bonchev–Trinajstić information content (AvgIpc) is 3.40. The van der Waals surface area contributed by atoms with Crippen LogP contribution in [0, 0.1) is 35.5 Å². The number of carbonyl (C=O) groups is 6. The Kier molecular flexibility index (Phi) is 25.0. The lowest BCUT2D eigenvalue weighted by Crippen LogP contribution is -2.61. The number of ether oxygens (including phenoxy) is 7. The second-order valence-corrected chi connectivity index (χ2v) is 22.3. The van der Waals surface area contributed by atoms with Crippen molar-refractivity contribution in [2.24, 2.45) is 35.5 Å². The summed E-state index contributed by atoms with van der Waals surface area (Å²) in [4.78, 5) is 87.8. The summed E-state index contributed by atoms with van der Waals surface area (Å²) in [6.45, 7) is 16.8. The lowest BCUT2D eigenvalue weighted by molar-refractivity contribution is -0.265. The minimum atomic E-state index is -2.45. The van der Waals surface area contributed by atoms with Gasteiger partial charge in [0.25, 0.3) is 11.7 Å². The summed E-state index contributed by atoms with van der Waals surface area (Å²) < 4.78 is 41.2. The molecule has 4 fully saturated rings. The number of nitrogens with one attached hydrogen (secondary N) is 1. The number of rotatable bonds is 10. The first kappa shape index (κ1) is 62.7. The monoisotopic (exact) mass is 1070 g/mol. The smallest absolute Gasteiger partial charge is 0.407 e. The quantitative estimate of drug-likeness (QED) is 0.125. The number of alkyl carbamates (subject to hydrolysis) is 1. The Bertz CT molecular complexity index is 2070. The molecule has 0 spiro atoms. The molecule has 15 atom stereocenters. The van der Waals surface area contributed by atoms with E-state index in [-0.39, 0.29) is 42.8 Å². The van der Waals surface area contributed by atoms with Crippen LogP contribution in [0.5, 0.6) is 0 Å². The van der Waals surface area contributed by atoms with Gasteiger partial charge in [0, 0.05) is 84.6 Å². The topological polar surface area (TPSA) is 226 Å². The molecule has 0 aromatic carbocycles. The van der Waals surface area contributed by atoms with Gasteiger partial charge in [-0.05, 0) is 107 Å². The second-order valence-electron chi connectivity index (χ2n) is 22.3. The summed E-state index contributed by atoms with van der Waals surface area (Å²) in [7, 11) is 4.53. The predicted octanol–water partition coefficient (Wildman–Crippen LogP) is 6.25. The molecule has 5 rings (SSSR count). The zero-order valence-corrected chi connectivity index (χ0v) is 47.1. The lowest BCUT2D eigenvalue weighted by Gasteiger charge is -2.42. The maximum absolute atomic E-state index is 14.6. The summed E-state index contributed by atoms with van der Waals surface area (Å²) >= 11 is 0. The molecule has 2 amide bonds. The third-order valence-corrected chi connectivity index (χ3v) is 16.5. The molecular formula is C58H91N3O15. The van der Waals surface area contributed by atoms with Gasteiger partial charge in [0.2, 0.25) is 5.79 Å². The number of amides is 2. The van der Waals surface area contributed by atoms with Crippen molar-refractivity contribution in [3.8, 4) is 0 Å². The van der Waals surface area contributed by atoms with Crippen LogP contribution < -0.4 is 5.32 Å². The summed E-state index contributed by atoms with van der Waals surface area (Å²) in [5, 5.41) is 26.4. The van der Waals surface area contributed by atoms with Crippen molar-refractivity contribution in [1.29, 1.82) is 0 Å². The first-order valence-corrected chi connectivity index (χ1v) is 27.9. The molecule has 3 saturated heterocycles. The third kappa shape index (κ3) is 17.4. The molecule has 1 saturated carbocycles. The average molecular weight is 1070 g/mol. The van der Waals surface area contributed by atoms with E-state index in [9.17, 15) is 39.0 Å². The number of hydrogen-bond donors (Lipinski definition) is 3. The van der Waals surface area contributed by atoms with Gasteiger partial charge in [0.05, 0.1) is 31.5 Å². The van der Waals surface area contributed by atoms with E-state index in [0.717, 1.165) is 18.7 Å². The number of piperidine rings is 1. The Labute approximate surface area is 451 Å². The van der Waals surface area contributed by atoms with Crippen LogP contribution in [0.4, 0.5) is 4.79 Å². The fraction of sp³-hybridized carbons (Fsp3) is 0.759. The van der Waals surface area contributed by atoms with Crippen LogP contribution in [0.1, 0.15) is 126 Å². The molecule has 5 aliphatic rings. The highest BCUT2D eigenvalue weighted by Gasteiger charge is 2.53. The number of nitrogens with zero attached hydrogens (tertiary/aromatic N) is 2. The van der Waals surface area contributed by atoms with E-state index in [0.29, 0.717) is 96.1 Å². The molecule has 76 heavy (non-hydrogen) atoms. The van der Waals surface area contributed by atoms with Crippen molar-refractivity contribution in [1.82, 2.24) is 15.1 Å². The van der Waals surface area contributed by atoms with Crippen molar-refractivity contribution in [3.63, 3.8) is 0 Å². The molecule has 0 aromatic rings. The Hall–Kier alpha value is -4.14. The van der Waals surface area contributed by atoms with Crippen LogP contribution in [0.15, 0.2) is 47.6 Å². The largest absolute Gasteiger partial charge is 0.460 e. The summed E-state index contributed by atoms with van der Waals surface area (Å²) in [5.74, 6) is -8.29. The number of aliphatic hydroxyl groups excluding tert-OH is 1. The maximum Gasteiger partial charge on any atom is 0.407 e. The Morgan fingerprint density at radius 3 is 2.29 bits per heavy atom. The number of Topliss-reactive ketones (excluding diaryl/α,β-unsaturated/α-hetero) is 3. The molecule has 18 heteroatoms. The van der Waals surface area contributed by atoms with Crippen LogP contribution in [0.25, 0.3) is 0 Å². The SMILES string of the molecule is CO[C@H]1C[C@@H]2CC[C@@H](C)[C@@](O)(O2)C(=O)C(=O)N2CCCC[C@H]2C(=O)O[C@H](C(C)C[C@@H]2CC[C@@H](OC(=O)NCCN3CCOCC3)[C@H](OC)C2)CC(=O)[C@H](C)/C=C(\C)[C@@H](O)[C@@H](OC)C(=O)[C@H](C)C[C@H](C)/C=C/C=CC=C1C. The number of hydrogen-bond acceptors (Lipinski definition) is 16. The maximum atomic E-state index is 14.6. The van der Waals surface area contributed by atoms with Gasteiger partial charge < -0.3 is 53.6 Å². The van der Waals surface area contributed by atoms with Crippen LogP contribution in [0.3, 0.4) is 0 Å². The van der Waals surface area contributed by atoms with Crippen molar-refractivity contribution in [3.05, 3.63) is 47.6 Å². The van der Waals surface area contributed by atoms with Crippen LogP contribution in [-0.2, 0) is 57.1 Å². The first-order valence-electron chi connectivity index (χ1n) is 27.9. The molecule has 4 aliphatic heterocycles. The number of fused-ring (bicyclic) bond motifs is 3. The molecule has 0 radical (unpaired) electrons. The normalized spacial score (nSPS) is 36.5. The van der Waals surface area contributed by atoms with Gasteiger partial charge in [-0.1, -0.05) is 71.1 Å². The fourth-order valence-corrected chi connectivity index (χ4v) is 11.6. The van der Waals surface area contributed by atoms with E-state index in [1.165, 1.54) is 12.0 Å². The van der Waals surface area contributed by atoms with E-state index in [4.69, 9.17) is 33.2 Å². The van der Waals surface area contributed by atoms with Crippen molar-refractivity contribution < 1.29 is 72.1 Å². The molecule has 0 aromatic heterocycles. The first-order chi connectivity index (χ1) is 36.2. The number of morpholine rings is 1. The van der Waals surface area contributed by atoms with Crippen molar-refractivity contribution in [2.75, 3.05) is 67.3 Å². The van der Waals surface area contributed by atoms with Crippen molar-refractivity contribution >= 4 is 35.3 Å². The molecule has 3 N–H and O–H groups in total. The van der Waals surface area contributed by atoms with Crippen LogP contribution in [0.2, 0.25) is 0 Å². The fourth-order valence-electron chi connectivity index (χ4n) is 11.6. The zero-order chi connectivity index (χ0) is 55.7. The zero-order valence-electron chi connectivity index (χ0n) is 47.1. The van der Waals surface area contributed by atoms with Gasteiger partial charge in [-0.3, -0.25) is 24.1 Å². The number of ketones is 3. The second kappa shape index (κ2) is 30.3. The van der Waals surface area contributed by atoms with E-state index >= 15 is 0 Å². The Morgan fingerprint density at radius 2 is 1.59 bits per heavy atom. The third-order valence-electron chi connectivity index (χ3n) is 16.5. The number of cyclic esters (lactones) is 1. The molecule has 1 aliphatic carbocycles. The highest BCUT2D eigenvalue weighted by Crippen LogP contribution is 2.38. The molecule has 4 heterocycles. The van der Waals surface area contributed by atoms with Gasteiger partial charge in [-0.15, -0.1) is 0 Å². The van der Waals surface area contributed by atoms with E-state index in [1.54, 1.807) is 41.1 Å². The van der Waals surface area contributed by atoms with Crippen LogP contribution >= 0.6 is 0 Å². The summed E-state index contributed by atoms with van der Waals surface area (Å²) in [5.41, 5.74) is 1.24. The Morgan fingerprint density at radius 1 is 0.855 bits per heavy atom. The molecule has 428 valence electrons. The minimum Gasteiger partial charge on any atom is -0.460 e. The van der Waals surface area contributed by atoms with Crippen molar-refractivity contribution in [2.45, 2.75) is 180 Å². The summed E-state index contributed by atoms with van der Waals surface area (Å²) in [6.07, 6.45) is 10.3. The molecular weight excluding hydrogens is 979 g/mol. The van der Waals surface area contributed by atoms with Crippen LogP contribution in [-0.4, -0.2) is 177 Å². The van der Waals surface area contributed by atoms with E-state index in [1.807, 2.05) is 58.1 Å². The molecule has 2 bridgehead atoms. The Balaban J connectivity index is 1.40. The van der Waals surface area contributed by atoms with Gasteiger partial charge in [-0.25, -0.2) is 9.59 Å².